The fourth-order valence-electron chi connectivity index (χ4n) is 4.02. The van der Waals surface area contributed by atoms with Gasteiger partial charge in [-0.15, -0.1) is 0 Å². The summed E-state index contributed by atoms with van der Waals surface area (Å²) in [7, 11) is 0. The van der Waals surface area contributed by atoms with Crippen LogP contribution in [0.25, 0.3) is 0 Å². The number of hydrogen-bond donors (Lipinski definition) is 0. The highest BCUT2D eigenvalue weighted by atomic mass is 16.2. The molecular weight excluding hydrogens is 330 g/mol. The van der Waals surface area contributed by atoms with E-state index in [4.69, 9.17) is 0 Å². The number of nitrogens with zero attached hydrogens (tertiary/aromatic N) is 5. The molecule has 2 saturated heterocycles. The van der Waals surface area contributed by atoms with E-state index in [1.807, 2.05) is 9.80 Å². The second-order valence-electron chi connectivity index (χ2n) is 7.29. The SMILES string of the molecule is CC(=O)N(CCN1CCCCC1)C1CCCN(C(=O)c2ccnnc2)C1. The summed E-state index contributed by atoms with van der Waals surface area (Å²) in [5.74, 6) is 0.0796. The number of likely N-dealkylation sites (tertiary alicyclic amines) is 2. The molecule has 0 aromatic carbocycles. The third-order valence-electron chi connectivity index (χ3n) is 5.47. The van der Waals surface area contributed by atoms with E-state index >= 15 is 0 Å². The molecule has 2 fully saturated rings. The Balaban J connectivity index is 1.59. The van der Waals surface area contributed by atoms with E-state index in [-0.39, 0.29) is 17.9 Å². The molecule has 3 rings (SSSR count). The highest BCUT2D eigenvalue weighted by molar-refractivity contribution is 5.93. The number of aromatic nitrogens is 2. The fraction of sp³-hybridized carbons (Fsp3) is 0.684. The van der Waals surface area contributed by atoms with Crippen LogP contribution in [0.4, 0.5) is 0 Å². The van der Waals surface area contributed by atoms with Crippen LogP contribution in [0, 0.1) is 0 Å². The quantitative estimate of drug-likeness (QED) is 0.795. The molecule has 1 atom stereocenters. The van der Waals surface area contributed by atoms with Crippen LogP contribution in [0.1, 0.15) is 49.4 Å². The molecule has 0 aliphatic carbocycles. The lowest BCUT2D eigenvalue weighted by Crippen LogP contribution is -2.53. The van der Waals surface area contributed by atoms with Crippen LogP contribution in [-0.2, 0) is 4.79 Å². The molecular formula is C19H29N5O2. The Morgan fingerprint density at radius 2 is 1.96 bits per heavy atom. The van der Waals surface area contributed by atoms with Crippen molar-refractivity contribution in [3.63, 3.8) is 0 Å². The Hall–Kier alpha value is -2.02. The van der Waals surface area contributed by atoms with Gasteiger partial charge in [-0.3, -0.25) is 9.59 Å². The number of amides is 2. The minimum absolute atomic E-state index is 0.0240. The predicted octanol–water partition coefficient (Wildman–Crippen LogP) is 1.42. The highest BCUT2D eigenvalue weighted by Gasteiger charge is 2.30. The van der Waals surface area contributed by atoms with E-state index in [1.54, 1.807) is 13.0 Å². The molecule has 3 heterocycles. The largest absolute Gasteiger partial charge is 0.337 e. The minimum Gasteiger partial charge on any atom is -0.337 e. The Morgan fingerprint density at radius 3 is 2.65 bits per heavy atom. The molecule has 1 aromatic heterocycles. The first kappa shape index (κ1) is 18.8. The number of carbonyl (C=O) groups excluding carboxylic acids is 2. The van der Waals surface area contributed by atoms with Crippen molar-refractivity contribution in [1.82, 2.24) is 24.9 Å². The van der Waals surface area contributed by atoms with Gasteiger partial charge in [0, 0.05) is 39.1 Å². The molecule has 0 N–H and O–H groups in total. The lowest BCUT2D eigenvalue weighted by molar-refractivity contribution is -0.132. The van der Waals surface area contributed by atoms with Crippen molar-refractivity contribution in [2.45, 2.75) is 45.1 Å². The van der Waals surface area contributed by atoms with Crippen molar-refractivity contribution in [2.75, 3.05) is 39.3 Å². The van der Waals surface area contributed by atoms with Gasteiger partial charge in [-0.25, -0.2) is 0 Å². The third kappa shape index (κ3) is 4.78. The van der Waals surface area contributed by atoms with Crippen molar-refractivity contribution >= 4 is 11.8 Å². The first-order valence-corrected chi connectivity index (χ1v) is 9.70. The van der Waals surface area contributed by atoms with Crippen molar-refractivity contribution in [2.24, 2.45) is 0 Å². The van der Waals surface area contributed by atoms with Gasteiger partial charge in [0.15, 0.2) is 0 Å². The first-order chi connectivity index (χ1) is 12.6. The maximum absolute atomic E-state index is 12.7. The molecule has 2 aliphatic heterocycles. The Kier molecular flexibility index (Phi) is 6.55. The highest BCUT2D eigenvalue weighted by Crippen LogP contribution is 2.19. The van der Waals surface area contributed by atoms with Gasteiger partial charge in [-0.1, -0.05) is 6.42 Å². The Bertz CT molecular complexity index is 603. The summed E-state index contributed by atoms with van der Waals surface area (Å²) in [5.41, 5.74) is 0.559. The molecule has 0 saturated carbocycles. The minimum atomic E-state index is -0.0240. The summed E-state index contributed by atoms with van der Waals surface area (Å²) in [4.78, 5) is 31.2. The maximum atomic E-state index is 12.7. The molecule has 1 unspecified atom stereocenters. The fourth-order valence-corrected chi connectivity index (χ4v) is 4.02. The topological polar surface area (TPSA) is 69.6 Å². The number of carbonyl (C=O) groups is 2. The van der Waals surface area contributed by atoms with E-state index in [2.05, 4.69) is 15.1 Å². The number of piperidine rings is 2. The van der Waals surface area contributed by atoms with Crippen LogP contribution in [0.5, 0.6) is 0 Å². The van der Waals surface area contributed by atoms with Gasteiger partial charge in [0.2, 0.25) is 5.91 Å². The smallest absolute Gasteiger partial charge is 0.255 e. The molecule has 7 heteroatoms. The summed E-state index contributed by atoms with van der Waals surface area (Å²) in [6, 6.07) is 1.79. The molecule has 7 nitrogen and oxygen atoms in total. The summed E-state index contributed by atoms with van der Waals surface area (Å²) in [5, 5.41) is 7.53. The van der Waals surface area contributed by atoms with E-state index in [1.165, 1.54) is 31.7 Å². The third-order valence-corrected chi connectivity index (χ3v) is 5.47. The summed E-state index contributed by atoms with van der Waals surface area (Å²) in [6.45, 7) is 6.92. The van der Waals surface area contributed by atoms with Crippen molar-refractivity contribution < 1.29 is 9.59 Å². The Labute approximate surface area is 155 Å². The molecule has 2 aliphatic rings. The van der Waals surface area contributed by atoms with Gasteiger partial charge < -0.3 is 14.7 Å². The van der Waals surface area contributed by atoms with E-state index in [0.29, 0.717) is 12.1 Å². The zero-order chi connectivity index (χ0) is 18.4. The maximum Gasteiger partial charge on any atom is 0.255 e. The zero-order valence-electron chi connectivity index (χ0n) is 15.6. The van der Waals surface area contributed by atoms with E-state index < -0.39 is 0 Å². The second kappa shape index (κ2) is 9.07. The van der Waals surface area contributed by atoms with Crippen LogP contribution >= 0.6 is 0 Å². The summed E-state index contributed by atoms with van der Waals surface area (Å²) >= 11 is 0. The normalized spacial score (nSPS) is 21.4. The lowest BCUT2D eigenvalue weighted by Gasteiger charge is -2.40. The van der Waals surface area contributed by atoms with E-state index in [0.717, 1.165) is 45.6 Å². The average Bonchev–Trinajstić information content (AvgIpc) is 2.69. The van der Waals surface area contributed by atoms with Crippen molar-refractivity contribution in [3.8, 4) is 0 Å². The van der Waals surface area contributed by atoms with Crippen LogP contribution in [0.15, 0.2) is 18.5 Å². The van der Waals surface area contributed by atoms with Crippen LogP contribution < -0.4 is 0 Å². The van der Waals surface area contributed by atoms with Crippen molar-refractivity contribution in [3.05, 3.63) is 24.0 Å². The summed E-state index contributed by atoms with van der Waals surface area (Å²) < 4.78 is 0. The number of rotatable bonds is 5. The Morgan fingerprint density at radius 1 is 1.15 bits per heavy atom. The van der Waals surface area contributed by atoms with Gasteiger partial charge in [0.05, 0.1) is 18.0 Å². The standard InChI is InChI=1S/C19H29N5O2/c1-16(25)24(13-12-22-9-3-2-4-10-22)18-6-5-11-23(15-18)19(26)17-7-8-20-21-14-17/h7-8,14,18H,2-6,9-13,15H2,1H3. The molecule has 1 aromatic rings. The molecule has 0 spiro atoms. The zero-order valence-corrected chi connectivity index (χ0v) is 15.6. The lowest BCUT2D eigenvalue weighted by atomic mass is 10.0. The average molecular weight is 359 g/mol. The second-order valence-corrected chi connectivity index (χ2v) is 7.29. The van der Waals surface area contributed by atoms with E-state index in [9.17, 15) is 9.59 Å². The van der Waals surface area contributed by atoms with Gasteiger partial charge >= 0.3 is 0 Å². The van der Waals surface area contributed by atoms with Gasteiger partial charge in [-0.05, 0) is 44.8 Å². The number of hydrogen-bond acceptors (Lipinski definition) is 5. The first-order valence-electron chi connectivity index (χ1n) is 9.70. The van der Waals surface area contributed by atoms with Crippen LogP contribution in [0.3, 0.4) is 0 Å². The van der Waals surface area contributed by atoms with Crippen LogP contribution in [-0.4, -0.2) is 82.0 Å². The molecule has 0 bridgehead atoms. The predicted molar refractivity (Wildman–Crippen MR) is 98.6 cm³/mol. The van der Waals surface area contributed by atoms with Gasteiger partial charge in [0.1, 0.15) is 0 Å². The monoisotopic (exact) mass is 359 g/mol. The molecule has 2 amide bonds. The van der Waals surface area contributed by atoms with Crippen molar-refractivity contribution in [1.29, 1.82) is 0 Å². The van der Waals surface area contributed by atoms with Gasteiger partial charge in [-0.2, -0.15) is 10.2 Å². The molecule has 0 radical (unpaired) electrons. The molecule has 142 valence electrons. The molecule has 26 heavy (non-hydrogen) atoms. The summed E-state index contributed by atoms with van der Waals surface area (Å²) in [6.07, 6.45) is 8.74. The van der Waals surface area contributed by atoms with Gasteiger partial charge in [0.25, 0.3) is 5.91 Å². The van der Waals surface area contributed by atoms with Crippen LogP contribution in [0.2, 0.25) is 0 Å².